The molecular formula is C14H20N2O4. The molecule has 1 aromatic heterocycles. The SMILES string of the molecule is CC(C)CC(NC(Cc1ccccn1)C(=O)O)C(=O)O. The second-order valence-corrected chi connectivity index (χ2v) is 5.10. The van der Waals surface area contributed by atoms with Crippen LogP contribution in [0.4, 0.5) is 0 Å². The summed E-state index contributed by atoms with van der Waals surface area (Å²) in [7, 11) is 0. The lowest BCUT2D eigenvalue weighted by atomic mass is 10.0. The van der Waals surface area contributed by atoms with E-state index >= 15 is 0 Å². The lowest BCUT2D eigenvalue weighted by Gasteiger charge is -2.21. The van der Waals surface area contributed by atoms with Crippen molar-refractivity contribution in [2.45, 2.75) is 38.8 Å². The molecule has 1 heterocycles. The Morgan fingerprint density at radius 3 is 2.30 bits per heavy atom. The monoisotopic (exact) mass is 280 g/mol. The van der Waals surface area contributed by atoms with Crippen LogP contribution in [0.15, 0.2) is 24.4 Å². The van der Waals surface area contributed by atoms with Crippen LogP contribution in [0.3, 0.4) is 0 Å². The zero-order valence-corrected chi connectivity index (χ0v) is 11.6. The third-order valence-electron chi connectivity index (χ3n) is 2.85. The summed E-state index contributed by atoms with van der Waals surface area (Å²) < 4.78 is 0. The van der Waals surface area contributed by atoms with Crippen molar-refractivity contribution in [3.05, 3.63) is 30.1 Å². The zero-order valence-electron chi connectivity index (χ0n) is 11.6. The zero-order chi connectivity index (χ0) is 15.1. The van der Waals surface area contributed by atoms with Crippen LogP contribution in [0.1, 0.15) is 26.0 Å². The highest BCUT2D eigenvalue weighted by Crippen LogP contribution is 2.08. The molecule has 0 radical (unpaired) electrons. The van der Waals surface area contributed by atoms with Gasteiger partial charge < -0.3 is 10.2 Å². The minimum absolute atomic E-state index is 0.151. The van der Waals surface area contributed by atoms with Crippen LogP contribution < -0.4 is 5.32 Å². The van der Waals surface area contributed by atoms with Gasteiger partial charge in [0.25, 0.3) is 0 Å². The van der Waals surface area contributed by atoms with Gasteiger partial charge in [0, 0.05) is 18.3 Å². The summed E-state index contributed by atoms with van der Waals surface area (Å²) in [6.07, 6.45) is 2.11. The number of nitrogens with one attached hydrogen (secondary N) is 1. The van der Waals surface area contributed by atoms with Gasteiger partial charge in [0.1, 0.15) is 12.1 Å². The summed E-state index contributed by atoms with van der Waals surface area (Å²) in [5.41, 5.74) is 0.612. The molecule has 0 saturated heterocycles. The van der Waals surface area contributed by atoms with Gasteiger partial charge in [-0.3, -0.25) is 19.9 Å². The van der Waals surface area contributed by atoms with E-state index in [1.807, 2.05) is 13.8 Å². The van der Waals surface area contributed by atoms with E-state index in [9.17, 15) is 14.7 Å². The number of aromatic nitrogens is 1. The van der Waals surface area contributed by atoms with Gasteiger partial charge in [-0.15, -0.1) is 0 Å². The first-order valence-electron chi connectivity index (χ1n) is 6.51. The number of pyridine rings is 1. The van der Waals surface area contributed by atoms with E-state index in [4.69, 9.17) is 5.11 Å². The van der Waals surface area contributed by atoms with Crippen LogP contribution in [-0.4, -0.2) is 39.2 Å². The second-order valence-electron chi connectivity index (χ2n) is 5.10. The molecule has 0 aromatic carbocycles. The minimum atomic E-state index is -1.08. The molecule has 0 aliphatic carbocycles. The van der Waals surface area contributed by atoms with Gasteiger partial charge in [-0.1, -0.05) is 19.9 Å². The van der Waals surface area contributed by atoms with Gasteiger partial charge in [-0.2, -0.15) is 0 Å². The van der Waals surface area contributed by atoms with E-state index < -0.39 is 24.0 Å². The molecular weight excluding hydrogens is 260 g/mol. The number of carbonyl (C=O) groups is 2. The molecule has 2 atom stereocenters. The Morgan fingerprint density at radius 2 is 1.85 bits per heavy atom. The topological polar surface area (TPSA) is 99.5 Å². The van der Waals surface area contributed by atoms with Gasteiger partial charge in [0.15, 0.2) is 0 Å². The van der Waals surface area contributed by atoms with Gasteiger partial charge >= 0.3 is 11.9 Å². The molecule has 0 saturated carbocycles. The smallest absolute Gasteiger partial charge is 0.321 e. The Kier molecular flexibility index (Phi) is 6.11. The lowest BCUT2D eigenvalue weighted by Crippen LogP contribution is -2.48. The van der Waals surface area contributed by atoms with Gasteiger partial charge in [0.2, 0.25) is 0 Å². The Hall–Kier alpha value is -1.95. The first-order chi connectivity index (χ1) is 9.40. The predicted octanol–water partition coefficient (Wildman–Crippen LogP) is 1.17. The summed E-state index contributed by atoms with van der Waals surface area (Å²) in [4.78, 5) is 26.5. The highest BCUT2D eigenvalue weighted by Gasteiger charge is 2.26. The molecule has 0 aliphatic heterocycles. The van der Waals surface area contributed by atoms with Crippen molar-refractivity contribution < 1.29 is 19.8 Å². The maximum atomic E-state index is 11.3. The fraction of sp³-hybridized carbons (Fsp3) is 0.500. The van der Waals surface area contributed by atoms with Crippen LogP contribution in [0, 0.1) is 5.92 Å². The summed E-state index contributed by atoms with van der Waals surface area (Å²) in [6, 6.07) is 3.38. The molecule has 0 fully saturated rings. The third kappa shape index (κ3) is 5.36. The average Bonchev–Trinajstić information content (AvgIpc) is 2.37. The number of carboxylic acid groups (broad SMARTS) is 2. The van der Waals surface area contributed by atoms with Gasteiger partial charge in [-0.25, -0.2) is 0 Å². The van der Waals surface area contributed by atoms with E-state index in [1.165, 1.54) is 0 Å². The van der Waals surface area contributed by atoms with Crippen LogP contribution in [0.5, 0.6) is 0 Å². The molecule has 1 aromatic rings. The third-order valence-corrected chi connectivity index (χ3v) is 2.85. The number of nitrogens with zero attached hydrogens (tertiary/aromatic N) is 1. The minimum Gasteiger partial charge on any atom is -0.480 e. The Labute approximate surface area is 117 Å². The molecule has 0 aliphatic rings. The largest absolute Gasteiger partial charge is 0.480 e. The van der Waals surface area contributed by atoms with Crippen LogP contribution >= 0.6 is 0 Å². The molecule has 2 unspecified atom stereocenters. The first kappa shape index (κ1) is 16.1. The Morgan fingerprint density at radius 1 is 1.20 bits per heavy atom. The number of aliphatic carboxylic acids is 2. The number of hydrogen-bond acceptors (Lipinski definition) is 4. The first-order valence-corrected chi connectivity index (χ1v) is 6.51. The average molecular weight is 280 g/mol. The summed E-state index contributed by atoms with van der Waals surface area (Å²) in [6.45, 7) is 3.79. The maximum Gasteiger partial charge on any atom is 0.321 e. The highest BCUT2D eigenvalue weighted by atomic mass is 16.4. The number of hydrogen-bond donors (Lipinski definition) is 3. The van der Waals surface area contributed by atoms with E-state index in [2.05, 4.69) is 10.3 Å². The molecule has 6 heteroatoms. The van der Waals surface area contributed by atoms with Gasteiger partial charge in [-0.05, 0) is 24.5 Å². The summed E-state index contributed by atoms with van der Waals surface area (Å²) >= 11 is 0. The highest BCUT2D eigenvalue weighted by molar-refractivity contribution is 5.77. The van der Waals surface area contributed by atoms with Crippen molar-refractivity contribution in [1.29, 1.82) is 0 Å². The summed E-state index contributed by atoms with van der Waals surface area (Å²) in [5.74, 6) is -1.95. The van der Waals surface area contributed by atoms with Crippen molar-refractivity contribution in [1.82, 2.24) is 10.3 Å². The number of carboxylic acids is 2. The normalized spacial score (nSPS) is 13.9. The Balaban J connectivity index is 2.75. The molecule has 1 rings (SSSR count). The maximum absolute atomic E-state index is 11.3. The van der Waals surface area contributed by atoms with Crippen LogP contribution in [0.25, 0.3) is 0 Å². The molecule has 110 valence electrons. The molecule has 0 amide bonds. The predicted molar refractivity (Wildman–Crippen MR) is 73.4 cm³/mol. The van der Waals surface area contributed by atoms with Crippen molar-refractivity contribution >= 4 is 11.9 Å². The van der Waals surface area contributed by atoms with Crippen LogP contribution in [-0.2, 0) is 16.0 Å². The van der Waals surface area contributed by atoms with Crippen molar-refractivity contribution in [3.8, 4) is 0 Å². The molecule has 20 heavy (non-hydrogen) atoms. The standard InChI is InChI=1S/C14H20N2O4/c1-9(2)7-11(13(17)18)16-12(14(19)20)8-10-5-3-4-6-15-10/h3-6,9,11-12,16H,7-8H2,1-2H3,(H,17,18)(H,19,20). The Bertz CT molecular complexity index is 448. The summed E-state index contributed by atoms with van der Waals surface area (Å²) in [5, 5.41) is 21.1. The van der Waals surface area contributed by atoms with E-state index in [-0.39, 0.29) is 12.3 Å². The number of rotatable bonds is 8. The quantitative estimate of drug-likeness (QED) is 0.661. The molecule has 6 nitrogen and oxygen atoms in total. The van der Waals surface area contributed by atoms with Crippen LogP contribution in [0.2, 0.25) is 0 Å². The van der Waals surface area contributed by atoms with E-state index in [1.54, 1.807) is 24.4 Å². The van der Waals surface area contributed by atoms with Crippen molar-refractivity contribution in [2.75, 3.05) is 0 Å². The van der Waals surface area contributed by atoms with Crippen molar-refractivity contribution in [3.63, 3.8) is 0 Å². The van der Waals surface area contributed by atoms with E-state index in [0.717, 1.165) is 0 Å². The van der Waals surface area contributed by atoms with Crippen molar-refractivity contribution in [2.24, 2.45) is 5.92 Å². The fourth-order valence-corrected chi connectivity index (χ4v) is 1.90. The fourth-order valence-electron chi connectivity index (χ4n) is 1.90. The molecule has 0 bridgehead atoms. The van der Waals surface area contributed by atoms with Gasteiger partial charge in [0.05, 0.1) is 0 Å². The second kappa shape index (κ2) is 7.59. The molecule has 0 spiro atoms. The molecule has 3 N–H and O–H groups in total. The van der Waals surface area contributed by atoms with E-state index in [0.29, 0.717) is 12.1 Å². The lowest BCUT2D eigenvalue weighted by molar-refractivity contribution is -0.142.